The standard InChI is InChI=1S/C13H13FN4O4S/c14-23(20,21)10-5-9(6-15-7-10)13-16-11(22-17-13)8-18-4-2-1-3-12(18)19/h5-7H,1-4,8H2. The van der Waals surface area contributed by atoms with Crippen LogP contribution in [0.25, 0.3) is 11.4 Å². The van der Waals surface area contributed by atoms with Gasteiger partial charge < -0.3 is 9.42 Å². The third-order valence-electron chi connectivity index (χ3n) is 3.47. The molecule has 0 unspecified atom stereocenters. The third kappa shape index (κ3) is 3.52. The van der Waals surface area contributed by atoms with Crippen molar-refractivity contribution in [3.63, 3.8) is 0 Å². The van der Waals surface area contributed by atoms with Crippen LogP contribution in [0.15, 0.2) is 27.9 Å². The maximum absolute atomic E-state index is 13.0. The summed E-state index contributed by atoms with van der Waals surface area (Å²) in [5.74, 6) is 0.342. The number of piperidine rings is 1. The first-order valence-electron chi connectivity index (χ1n) is 6.94. The average Bonchev–Trinajstić information content (AvgIpc) is 2.98. The molecule has 0 spiro atoms. The summed E-state index contributed by atoms with van der Waals surface area (Å²) in [5.41, 5.74) is 0.212. The minimum absolute atomic E-state index is 0.0307. The van der Waals surface area contributed by atoms with E-state index in [0.29, 0.717) is 13.0 Å². The van der Waals surface area contributed by atoms with Crippen LogP contribution in [0.4, 0.5) is 3.89 Å². The van der Waals surface area contributed by atoms with Gasteiger partial charge in [0.05, 0.1) is 6.54 Å². The number of aromatic nitrogens is 3. The molecule has 2 aromatic heterocycles. The van der Waals surface area contributed by atoms with Crippen molar-refractivity contribution >= 4 is 16.1 Å². The summed E-state index contributed by atoms with van der Waals surface area (Å²) < 4.78 is 39.9. The largest absolute Gasteiger partial charge is 0.337 e. The summed E-state index contributed by atoms with van der Waals surface area (Å²) in [7, 11) is -4.86. The molecule has 0 aromatic carbocycles. The fourth-order valence-electron chi connectivity index (χ4n) is 2.30. The van der Waals surface area contributed by atoms with Crippen LogP contribution in [0.3, 0.4) is 0 Å². The van der Waals surface area contributed by atoms with E-state index in [9.17, 15) is 17.1 Å². The van der Waals surface area contributed by atoms with Gasteiger partial charge in [-0.1, -0.05) is 5.16 Å². The van der Waals surface area contributed by atoms with E-state index in [4.69, 9.17) is 4.52 Å². The number of nitrogens with zero attached hydrogens (tertiary/aromatic N) is 4. The topological polar surface area (TPSA) is 106 Å². The van der Waals surface area contributed by atoms with Crippen molar-refractivity contribution in [1.82, 2.24) is 20.0 Å². The molecule has 0 atom stereocenters. The second-order valence-electron chi connectivity index (χ2n) is 5.13. The Kier molecular flexibility index (Phi) is 4.07. The van der Waals surface area contributed by atoms with Gasteiger partial charge in [-0.15, -0.1) is 3.89 Å². The van der Waals surface area contributed by atoms with E-state index in [1.165, 1.54) is 6.20 Å². The summed E-state index contributed by atoms with van der Waals surface area (Å²) in [5, 5.41) is 3.72. The van der Waals surface area contributed by atoms with Gasteiger partial charge in [-0.2, -0.15) is 13.4 Å². The SMILES string of the molecule is O=C1CCCCN1Cc1nc(-c2cncc(S(=O)(=O)F)c2)no1. The van der Waals surface area contributed by atoms with E-state index in [1.807, 2.05) is 0 Å². The van der Waals surface area contributed by atoms with Crippen LogP contribution in [-0.4, -0.2) is 40.9 Å². The van der Waals surface area contributed by atoms with Crippen LogP contribution in [0.5, 0.6) is 0 Å². The van der Waals surface area contributed by atoms with Crippen molar-refractivity contribution in [1.29, 1.82) is 0 Å². The van der Waals surface area contributed by atoms with E-state index in [0.717, 1.165) is 25.1 Å². The molecule has 1 aliphatic heterocycles. The molecule has 1 fully saturated rings. The minimum atomic E-state index is -4.86. The Hall–Kier alpha value is -2.36. The number of pyridine rings is 1. The molecular weight excluding hydrogens is 327 g/mol. The summed E-state index contributed by atoms with van der Waals surface area (Å²) >= 11 is 0. The van der Waals surface area contributed by atoms with Gasteiger partial charge in [0.2, 0.25) is 17.6 Å². The molecule has 0 radical (unpaired) electrons. The Balaban J connectivity index is 1.80. The molecule has 2 aromatic rings. The summed E-state index contributed by atoms with van der Waals surface area (Å²) in [6, 6.07) is 1.07. The van der Waals surface area contributed by atoms with Crippen molar-refractivity contribution in [2.24, 2.45) is 0 Å². The molecule has 10 heteroatoms. The van der Waals surface area contributed by atoms with E-state index in [-0.39, 0.29) is 29.7 Å². The average molecular weight is 340 g/mol. The van der Waals surface area contributed by atoms with Crippen molar-refractivity contribution in [3.8, 4) is 11.4 Å². The molecule has 23 heavy (non-hydrogen) atoms. The molecule has 1 saturated heterocycles. The maximum atomic E-state index is 13.0. The van der Waals surface area contributed by atoms with Crippen LogP contribution in [0.2, 0.25) is 0 Å². The van der Waals surface area contributed by atoms with Crippen LogP contribution in [0, 0.1) is 0 Å². The molecule has 0 aliphatic carbocycles. The number of carbonyl (C=O) groups excluding carboxylic acids is 1. The van der Waals surface area contributed by atoms with E-state index in [2.05, 4.69) is 15.1 Å². The summed E-state index contributed by atoms with van der Waals surface area (Å²) in [6.45, 7) is 0.827. The smallest absolute Gasteiger partial charge is 0.333 e. The number of halogens is 1. The van der Waals surface area contributed by atoms with Crippen molar-refractivity contribution in [3.05, 3.63) is 24.4 Å². The van der Waals surface area contributed by atoms with Gasteiger partial charge in [-0.3, -0.25) is 9.78 Å². The zero-order valence-electron chi connectivity index (χ0n) is 12.0. The van der Waals surface area contributed by atoms with E-state index < -0.39 is 15.1 Å². The Morgan fingerprint density at radius 1 is 1.30 bits per heavy atom. The maximum Gasteiger partial charge on any atom is 0.333 e. The first-order valence-corrected chi connectivity index (χ1v) is 8.32. The van der Waals surface area contributed by atoms with E-state index >= 15 is 0 Å². The second-order valence-corrected chi connectivity index (χ2v) is 6.48. The monoisotopic (exact) mass is 340 g/mol. The van der Waals surface area contributed by atoms with Gasteiger partial charge in [0.1, 0.15) is 4.90 Å². The van der Waals surface area contributed by atoms with Crippen molar-refractivity contribution < 1.29 is 21.6 Å². The predicted octanol–water partition coefficient (Wildman–Crippen LogP) is 1.30. The minimum Gasteiger partial charge on any atom is -0.337 e. The first-order chi connectivity index (χ1) is 10.9. The van der Waals surface area contributed by atoms with E-state index in [1.54, 1.807) is 4.90 Å². The summed E-state index contributed by atoms with van der Waals surface area (Å²) in [6.07, 6.45) is 4.50. The molecule has 122 valence electrons. The predicted molar refractivity (Wildman–Crippen MR) is 75.1 cm³/mol. The van der Waals surface area contributed by atoms with Crippen LogP contribution in [-0.2, 0) is 21.6 Å². The molecule has 3 heterocycles. The highest BCUT2D eigenvalue weighted by atomic mass is 32.3. The highest BCUT2D eigenvalue weighted by Crippen LogP contribution is 2.21. The third-order valence-corrected chi connectivity index (χ3v) is 4.25. The molecular formula is C13H13FN4O4S. The quantitative estimate of drug-likeness (QED) is 0.772. The zero-order valence-corrected chi connectivity index (χ0v) is 12.8. The molecule has 3 rings (SSSR count). The molecule has 0 saturated carbocycles. The lowest BCUT2D eigenvalue weighted by atomic mass is 10.1. The number of likely N-dealkylation sites (tertiary alicyclic amines) is 1. The van der Waals surface area contributed by atoms with Crippen LogP contribution < -0.4 is 0 Å². The molecule has 0 bridgehead atoms. The fourth-order valence-corrected chi connectivity index (χ4v) is 2.76. The molecule has 1 aliphatic rings. The Bertz CT molecular complexity index is 836. The zero-order chi connectivity index (χ0) is 16.4. The number of amides is 1. The fraction of sp³-hybridized carbons (Fsp3) is 0.385. The van der Waals surface area contributed by atoms with Crippen LogP contribution in [0.1, 0.15) is 25.2 Å². The normalized spacial score (nSPS) is 15.9. The lowest BCUT2D eigenvalue weighted by Crippen LogP contribution is -2.34. The van der Waals surface area contributed by atoms with Gasteiger partial charge in [-0.25, -0.2) is 0 Å². The lowest BCUT2D eigenvalue weighted by molar-refractivity contribution is -0.134. The van der Waals surface area contributed by atoms with Gasteiger partial charge in [0.15, 0.2) is 0 Å². The Labute approximate surface area is 131 Å². The summed E-state index contributed by atoms with van der Waals surface area (Å²) in [4.78, 5) is 20.6. The Morgan fingerprint density at radius 3 is 2.87 bits per heavy atom. The second kappa shape index (κ2) is 6.03. The lowest BCUT2D eigenvalue weighted by Gasteiger charge is -2.24. The van der Waals surface area contributed by atoms with Gasteiger partial charge in [0, 0.05) is 30.9 Å². The number of hydrogen-bond acceptors (Lipinski definition) is 7. The molecule has 0 N–H and O–H groups in total. The highest BCUT2D eigenvalue weighted by Gasteiger charge is 2.21. The first kappa shape index (κ1) is 15.5. The van der Waals surface area contributed by atoms with Crippen molar-refractivity contribution in [2.45, 2.75) is 30.7 Å². The highest BCUT2D eigenvalue weighted by molar-refractivity contribution is 7.86. The van der Waals surface area contributed by atoms with Crippen molar-refractivity contribution in [2.75, 3.05) is 6.54 Å². The Morgan fingerprint density at radius 2 is 2.13 bits per heavy atom. The molecule has 8 nitrogen and oxygen atoms in total. The van der Waals surface area contributed by atoms with Gasteiger partial charge in [-0.05, 0) is 18.9 Å². The van der Waals surface area contributed by atoms with Gasteiger partial charge in [0.25, 0.3) is 0 Å². The number of hydrogen-bond donors (Lipinski definition) is 0. The number of carbonyl (C=O) groups is 1. The van der Waals surface area contributed by atoms with Crippen LogP contribution >= 0.6 is 0 Å². The van der Waals surface area contributed by atoms with Gasteiger partial charge >= 0.3 is 10.2 Å². The molecule has 1 amide bonds. The number of rotatable bonds is 4.